The van der Waals surface area contributed by atoms with E-state index >= 15 is 0 Å². The molecule has 0 spiro atoms. The van der Waals surface area contributed by atoms with Crippen LogP contribution in [-0.2, 0) is 10.0 Å². The number of aryl methyl sites for hydroxylation is 2. The first-order valence-corrected chi connectivity index (χ1v) is 9.76. The summed E-state index contributed by atoms with van der Waals surface area (Å²) < 4.78 is 37.7. The molecule has 0 saturated carbocycles. The van der Waals surface area contributed by atoms with Crippen molar-refractivity contribution in [3.05, 3.63) is 17.3 Å². The lowest BCUT2D eigenvalue weighted by molar-refractivity contribution is 0.388. The zero-order chi connectivity index (χ0) is 18.2. The molecule has 10 heteroatoms. The van der Waals surface area contributed by atoms with Gasteiger partial charge >= 0.3 is 6.01 Å². The van der Waals surface area contributed by atoms with Crippen molar-refractivity contribution in [2.75, 3.05) is 31.1 Å². The normalized spacial score (nSPS) is 17.2. The van der Waals surface area contributed by atoms with E-state index in [1.165, 1.54) is 4.31 Å². The maximum absolute atomic E-state index is 12.9. The summed E-state index contributed by atoms with van der Waals surface area (Å²) in [5, 5.41) is 7.73. The molecule has 0 N–H and O–H groups in total. The second-order valence-corrected chi connectivity index (χ2v) is 8.36. The molecule has 0 unspecified atom stereocenters. The first kappa shape index (κ1) is 17.9. The quantitative estimate of drug-likeness (QED) is 0.802. The van der Waals surface area contributed by atoms with Gasteiger partial charge in [-0.1, -0.05) is 24.2 Å². The molecular formula is C15H23N5O4S. The number of aromatic nitrogens is 3. The molecule has 0 bridgehead atoms. The zero-order valence-electron chi connectivity index (χ0n) is 14.9. The Hall–Kier alpha value is -1.94. The Morgan fingerprint density at radius 3 is 2.40 bits per heavy atom. The molecule has 0 aromatic carbocycles. The third kappa shape index (κ3) is 3.40. The molecule has 25 heavy (non-hydrogen) atoms. The number of rotatable bonds is 4. The molecule has 1 fully saturated rings. The van der Waals surface area contributed by atoms with Gasteiger partial charge in [-0.3, -0.25) is 0 Å². The molecule has 0 atom stereocenters. The molecule has 0 radical (unpaired) electrons. The van der Waals surface area contributed by atoms with Crippen LogP contribution in [-0.4, -0.2) is 54.2 Å². The number of sulfonamides is 1. The van der Waals surface area contributed by atoms with Crippen molar-refractivity contribution >= 4 is 16.0 Å². The zero-order valence-corrected chi connectivity index (χ0v) is 15.7. The fourth-order valence-corrected chi connectivity index (χ4v) is 4.65. The fourth-order valence-electron chi connectivity index (χ4n) is 2.89. The molecule has 1 aliphatic heterocycles. The van der Waals surface area contributed by atoms with Crippen LogP contribution in [0.4, 0.5) is 6.01 Å². The molecular weight excluding hydrogens is 346 g/mol. The lowest BCUT2D eigenvalue weighted by Crippen LogP contribution is -2.35. The van der Waals surface area contributed by atoms with Crippen molar-refractivity contribution in [3.63, 3.8) is 0 Å². The highest BCUT2D eigenvalue weighted by molar-refractivity contribution is 7.89. The van der Waals surface area contributed by atoms with E-state index in [0.717, 1.165) is 0 Å². The summed E-state index contributed by atoms with van der Waals surface area (Å²) in [7, 11) is -3.63. The minimum absolute atomic E-state index is 0.167. The smallest absolute Gasteiger partial charge is 0.324 e. The van der Waals surface area contributed by atoms with Crippen molar-refractivity contribution in [2.45, 2.75) is 44.9 Å². The summed E-state index contributed by atoms with van der Waals surface area (Å²) in [6.45, 7) is 9.15. The standard InChI is InChI=1S/C15H23N5O4S/c1-10(2)14-16-15(24-18-14)19-6-5-7-20(9-8-19)25(21,22)13-11(3)17-23-12(13)4/h10H,5-9H2,1-4H3. The summed E-state index contributed by atoms with van der Waals surface area (Å²) in [4.78, 5) is 6.50. The van der Waals surface area contributed by atoms with Crippen LogP contribution >= 0.6 is 0 Å². The topological polar surface area (TPSA) is 106 Å². The SMILES string of the molecule is Cc1noc(C)c1S(=O)(=O)N1CCCN(c2nc(C(C)C)no2)CC1. The summed E-state index contributed by atoms with van der Waals surface area (Å²) in [5.41, 5.74) is 0.386. The fraction of sp³-hybridized carbons (Fsp3) is 0.667. The van der Waals surface area contributed by atoms with Crippen LogP contribution in [0.5, 0.6) is 0 Å². The first-order valence-electron chi connectivity index (χ1n) is 8.32. The van der Waals surface area contributed by atoms with E-state index < -0.39 is 10.0 Å². The van der Waals surface area contributed by atoms with Crippen LogP contribution in [0, 0.1) is 13.8 Å². The second-order valence-electron chi connectivity index (χ2n) is 6.49. The minimum atomic E-state index is -3.63. The van der Waals surface area contributed by atoms with Crippen molar-refractivity contribution in [2.24, 2.45) is 0 Å². The predicted octanol–water partition coefficient (Wildman–Crippen LogP) is 1.70. The van der Waals surface area contributed by atoms with Crippen LogP contribution in [0.15, 0.2) is 13.9 Å². The van der Waals surface area contributed by atoms with Gasteiger partial charge in [-0.05, 0) is 20.3 Å². The lowest BCUT2D eigenvalue weighted by atomic mass is 10.2. The van der Waals surface area contributed by atoms with Crippen molar-refractivity contribution < 1.29 is 17.5 Å². The largest absolute Gasteiger partial charge is 0.360 e. The summed E-state index contributed by atoms with van der Waals surface area (Å²) >= 11 is 0. The highest BCUT2D eigenvalue weighted by atomic mass is 32.2. The third-order valence-electron chi connectivity index (χ3n) is 4.24. The van der Waals surface area contributed by atoms with Gasteiger partial charge in [0.25, 0.3) is 0 Å². The Morgan fingerprint density at radius 1 is 1.04 bits per heavy atom. The van der Waals surface area contributed by atoms with E-state index in [1.807, 2.05) is 18.7 Å². The van der Waals surface area contributed by atoms with Gasteiger partial charge in [0.1, 0.15) is 10.6 Å². The van der Waals surface area contributed by atoms with E-state index in [1.54, 1.807) is 13.8 Å². The molecule has 0 amide bonds. The molecule has 0 aliphatic carbocycles. The summed E-state index contributed by atoms with van der Waals surface area (Å²) in [5.74, 6) is 1.15. The number of nitrogens with zero attached hydrogens (tertiary/aromatic N) is 5. The van der Waals surface area contributed by atoms with E-state index in [4.69, 9.17) is 9.05 Å². The van der Waals surface area contributed by atoms with Crippen LogP contribution in [0.3, 0.4) is 0 Å². The highest BCUT2D eigenvalue weighted by Crippen LogP contribution is 2.25. The Kier molecular flexibility index (Phi) is 4.83. The van der Waals surface area contributed by atoms with Gasteiger partial charge in [-0.15, -0.1) is 0 Å². The minimum Gasteiger partial charge on any atom is -0.360 e. The average molecular weight is 369 g/mol. The number of hydrogen-bond donors (Lipinski definition) is 0. The van der Waals surface area contributed by atoms with Gasteiger partial charge < -0.3 is 13.9 Å². The molecule has 2 aromatic rings. The van der Waals surface area contributed by atoms with Crippen LogP contribution in [0.2, 0.25) is 0 Å². The van der Waals surface area contributed by atoms with Gasteiger partial charge in [0.05, 0.1) is 0 Å². The van der Waals surface area contributed by atoms with E-state index in [0.29, 0.717) is 55.9 Å². The van der Waals surface area contributed by atoms with Crippen LogP contribution in [0.1, 0.15) is 43.5 Å². The first-order chi connectivity index (χ1) is 11.8. The Bertz CT molecular complexity index is 822. The maximum atomic E-state index is 12.9. The average Bonchev–Trinajstić information content (AvgIpc) is 3.07. The Balaban J connectivity index is 1.77. The lowest BCUT2D eigenvalue weighted by Gasteiger charge is -2.20. The van der Waals surface area contributed by atoms with Gasteiger partial charge in [0.15, 0.2) is 11.6 Å². The second kappa shape index (κ2) is 6.75. The molecule has 3 rings (SSSR count). The van der Waals surface area contributed by atoms with Crippen molar-refractivity contribution in [1.82, 2.24) is 19.6 Å². The molecule has 3 heterocycles. The summed E-state index contributed by atoms with van der Waals surface area (Å²) in [6, 6.07) is 0.445. The van der Waals surface area contributed by atoms with Gasteiger partial charge in [0.2, 0.25) is 10.0 Å². The van der Waals surface area contributed by atoms with E-state index in [9.17, 15) is 8.42 Å². The maximum Gasteiger partial charge on any atom is 0.324 e. The van der Waals surface area contributed by atoms with Crippen molar-refractivity contribution in [3.8, 4) is 0 Å². The molecule has 1 aliphatic rings. The number of anilines is 1. The van der Waals surface area contributed by atoms with E-state index in [2.05, 4.69) is 15.3 Å². The van der Waals surface area contributed by atoms with Crippen LogP contribution in [0.25, 0.3) is 0 Å². The predicted molar refractivity (Wildman–Crippen MR) is 90.0 cm³/mol. The Morgan fingerprint density at radius 2 is 1.80 bits per heavy atom. The Labute approximate surface area is 147 Å². The third-order valence-corrected chi connectivity index (χ3v) is 6.38. The van der Waals surface area contributed by atoms with Gasteiger partial charge in [0, 0.05) is 32.1 Å². The highest BCUT2D eigenvalue weighted by Gasteiger charge is 2.32. The molecule has 2 aromatic heterocycles. The molecule has 1 saturated heterocycles. The van der Waals surface area contributed by atoms with Gasteiger partial charge in [-0.25, -0.2) is 8.42 Å². The van der Waals surface area contributed by atoms with Crippen LogP contribution < -0.4 is 4.90 Å². The van der Waals surface area contributed by atoms with Gasteiger partial charge in [-0.2, -0.15) is 9.29 Å². The number of hydrogen-bond acceptors (Lipinski definition) is 8. The van der Waals surface area contributed by atoms with Crippen molar-refractivity contribution in [1.29, 1.82) is 0 Å². The molecule has 9 nitrogen and oxygen atoms in total. The summed E-state index contributed by atoms with van der Waals surface area (Å²) in [6.07, 6.45) is 0.669. The monoisotopic (exact) mass is 369 g/mol. The molecule has 138 valence electrons. The van der Waals surface area contributed by atoms with E-state index in [-0.39, 0.29) is 10.8 Å².